The fourth-order valence-electron chi connectivity index (χ4n) is 4.56. The van der Waals surface area contributed by atoms with E-state index >= 15 is 0 Å². The van der Waals surface area contributed by atoms with Gasteiger partial charge in [0.15, 0.2) is 11.6 Å². The van der Waals surface area contributed by atoms with E-state index < -0.39 is 23.5 Å². The summed E-state index contributed by atoms with van der Waals surface area (Å²) in [6.45, 7) is 5.79. The molecule has 29 heavy (non-hydrogen) atoms. The summed E-state index contributed by atoms with van der Waals surface area (Å²) in [5.41, 5.74) is 1.55. The highest BCUT2D eigenvalue weighted by molar-refractivity contribution is 6.18. The Hall–Kier alpha value is -2.79. The SMILES string of the molecule is Cc1ccc(C(C)(C)O[C@H]2CC(=O)C[C@@H]3C(=O)c4cccc(O)c4C(=O)[C@H]23)cc1. The molecule has 4 rings (SSSR count). The van der Waals surface area contributed by atoms with Crippen LogP contribution in [0.3, 0.4) is 0 Å². The second-order valence-electron chi connectivity index (χ2n) is 8.54. The van der Waals surface area contributed by atoms with E-state index in [-0.39, 0.29) is 47.1 Å². The highest BCUT2D eigenvalue weighted by Crippen LogP contribution is 2.44. The highest BCUT2D eigenvalue weighted by Gasteiger charge is 2.51. The molecule has 150 valence electrons. The molecule has 1 fully saturated rings. The zero-order valence-corrected chi connectivity index (χ0v) is 16.8. The lowest BCUT2D eigenvalue weighted by molar-refractivity contribution is -0.140. The van der Waals surface area contributed by atoms with Gasteiger partial charge >= 0.3 is 0 Å². The molecule has 5 nitrogen and oxygen atoms in total. The summed E-state index contributed by atoms with van der Waals surface area (Å²) in [7, 11) is 0. The lowest BCUT2D eigenvalue weighted by atomic mass is 9.65. The van der Waals surface area contributed by atoms with Crippen LogP contribution in [0.4, 0.5) is 0 Å². The molecule has 2 aromatic carbocycles. The number of hydrogen-bond acceptors (Lipinski definition) is 5. The molecular weight excluding hydrogens is 368 g/mol. The molecule has 3 atom stereocenters. The third kappa shape index (κ3) is 3.29. The molecule has 0 saturated heterocycles. The molecule has 0 amide bonds. The van der Waals surface area contributed by atoms with Crippen LogP contribution in [0.15, 0.2) is 42.5 Å². The van der Waals surface area contributed by atoms with Crippen molar-refractivity contribution in [1.82, 2.24) is 0 Å². The van der Waals surface area contributed by atoms with Crippen molar-refractivity contribution in [1.29, 1.82) is 0 Å². The number of phenolic OH excluding ortho intramolecular Hbond substituents is 1. The van der Waals surface area contributed by atoms with Gasteiger partial charge in [0.1, 0.15) is 11.5 Å². The van der Waals surface area contributed by atoms with Crippen molar-refractivity contribution >= 4 is 17.3 Å². The minimum Gasteiger partial charge on any atom is -0.507 e. The van der Waals surface area contributed by atoms with E-state index in [1.165, 1.54) is 12.1 Å². The zero-order valence-electron chi connectivity index (χ0n) is 16.8. The second-order valence-corrected chi connectivity index (χ2v) is 8.54. The number of aromatic hydroxyl groups is 1. The average molecular weight is 392 g/mol. The van der Waals surface area contributed by atoms with Crippen LogP contribution in [0.2, 0.25) is 0 Å². The van der Waals surface area contributed by atoms with E-state index in [4.69, 9.17) is 4.74 Å². The standard InChI is InChI=1S/C24H24O5/c1-13-7-9-14(10-8-13)24(2,3)29-19-12-15(25)11-17-21(19)23(28)20-16(22(17)27)5-4-6-18(20)26/h4-10,17,19,21,26H,11-12H2,1-3H3/t17-,19-,21-/m0/s1. The van der Waals surface area contributed by atoms with Gasteiger partial charge in [0, 0.05) is 24.3 Å². The maximum Gasteiger partial charge on any atom is 0.173 e. The first-order valence-electron chi connectivity index (χ1n) is 9.86. The molecular formula is C24H24O5. The maximum absolute atomic E-state index is 13.3. The number of fused-ring (bicyclic) bond motifs is 2. The molecule has 0 aromatic heterocycles. The van der Waals surface area contributed by atoms with Crippen LogP contribution in [0.25, 0.3) is 0 Å². The van der Waals surface area contributed by atoms with E-state index in [1.54, 1.807) is 6.07 Å². The number of carbonyl (C=O) groups excluding carboxylic acids is 3. The molecule has 2 aliphatic carbocycles. The van der Waals surface area contributed by atoms with Crippen molar-refractivity contribution in [2.45, 2.75) is 45.3 Å². The van der Waals surface area contributed by atoms with Crippen LogP contribution in [0.1, 0.15) is 58.5 Å². The molecule has 0 aliphatic heterocycles. The Bertz CT molecular complexity index is 1000. The van der Waals surface area contributed by atoms with Gasteiger partial charge < -0.3 is 9.84 Å². The lowest BCUT2D eigenvalue weighted by Gasteiger charge is -2.42. The number of hydrogen-bond donors (Lipinski definition) is 1. The molecule has 0 unspecified atom stereocenters. The molecule has 0 radical (unpaired) electrons. The van der Waals surface area contributed by atoms with Gasteiger partial charge in [-0.3, -0.25) is 14.4 Å². The fraction of sp³-hybridized carbons (Fsp3) is 0.375. The summed E-state index contributed by atoms with van der Waals surface area (Å²) >= 11 is 0. The van der Waals surface area contributed by atoms with Crippen LogP contribution < -0.4 is 0 Å². The Kier molecular flexibility index (Phi) is 4.66. The van der Waals surface area contributed by atoms with Gasteiger partial charge in [-0.25, -0.2) is 0 Å². The van der Waals surface area contributed by atoms with Crippen molar-refractivity contribution in [2.24, 2.45) is 11.8 Å². The van der Waals surface area contributed by atoms with Gasteiger partial charge in [-0.2, -0.15) is 0 Å². The van der Waals surface area contributed by atoms with Crippen LogP contribution >= 0.6 is 0 Å². The number of aryl methyl sites for hydroxylation is 1. The number of ketones is 3. The lowest BCUT2D eigenvalue weighted by Crippen LogP contribution is -2.50. The van der Waals surface area contributed by atoms with E-state index in [0.717, 1.165) is 11.1 Å². The van der Waals surface area contributed by atoms with Gasteiger partial charge in [-0.05, 0) is 32.4 Å². The summed E-state index contributed by atoms with van der Waals surface area (Å²) in [4.78, 5) is 38.8. The number of benzene rings is 2. The molecule has 0 spiro atoms. The molecule has 2 aliphatic rings. The number of Topliss-reactive ketones (excluding diaryl/α,β-unsaturated/α-hetero) is 3. The monoisotopic (exact) mass is 392 g/mol. The van der Waals surface area contributed by atoms with Crippen molar-refractivity contribution in [2.75, 3.05) is 0 Å². The van der Waals surface area contributed by atoms with Gasteiger partial charge in [0.2, 0.25) is 0 Å². The van der Waals surface area contributed by atoms with E-state index in [2.05, 4.69) is 0 Å². The molecule has 5 heteroatoms. The first kappa shape index (κ1) is 19.5. The van der Waals surface area contributed by atoms with Gasteiger partial charge in [0.05, 0.1) is 23.2 Å². The summed E-state index contributed by atoms with van der Waals surface area (Å²) in [6.07, 6.45) is -0.602. The van der Waals surface area contributed by atoms with Crippen molar-refractivity contribution in [3.8, 4) is 5.75 Å². The van der Waals surface area contributed by atoms with Crippen molar-refractivity contribution in [3.63, 3.8) is 0 Å². The Labute approximate surface area is 169 Å². The predicted molar refractivity (Wildman–Crippen MR) is 107 cm³/mol. The number of phenols is 1. The normalized spacial score (nSPS) is 24.2. The predicted octanol–water partition coefficient (Wildman–Crippen LogP) is 4.00. The van der Waals surface area contributed by atoms with E-state index in [9.17, 15) is 19.5 Å². The van der Waals surface area contributed by atoms with Crippen LogP contribution in [-0.4, -0.2) is 28.6 Å². The fourth-order valence-corrected chi connectivity index (χ4v) is 4.56. The smallest absolute Gasteiger partial charge is 0.173 e. The van der Waals surface area contributed by atoms with Crippen molar-refractivity contribution < 1.29 is 24.2 Å². The number of carbonyl (C=O) groups is 3. The Morgan fingerprint density at radius 3 is 2.34 bits per heavy atom. The maximum atomic E-state index is 13.3. The van der Waals surface area contributed by atoms with Crippen LogP contribution in [0, 0.1) is 18.8 Å². The third-order valence-corrected chi connectivity index (χ3v) is 6.10. The topological polar surface area (TPSA) is 80.7 Å². The van der Waals surface area contributed by atoms with Crippen LogP contribution in [0.5, 0.6) is 5.75 Å². The molecule has 1 saturated carbocycles. The van der Waals surface area contributed by atoms with Crippen LogP contribution in [-0.2, 0) is 15.1 Å². The molecule has 0 bridgehead atoms. The van der Waals surface area contributed by atoms with Gasteiger partial charge in [-0.15, -0.1) is 0 Å². The summed E-state index contributed by atoms with van der Waals surface area (Å²) in [5, 5.41) is 10.2. The quantitative estimate of drug-likeness (QED) is 0.854. The Morgan fingerprint density at radius 2 is 1.66 bits per heavy atom. The van der Waals surface area contributed by atoms with E-state index in [0.29, 0.717) is 0 Å². The minimum atomic E-state index is -0.772. The van der Waals surface area contributed by atoms with Gasteiger partial charge in [0.25, 0.3) is 0 Å². The summed E-state index contributed by atoms with van der Waals surface area (Å²) in [5.74, 6) is -2.38. The van der Waals surface area contributed by atoms with Crippen molar-refractivity contribution in [3.05, 3.63) is 64.7 Å². The van der Waals surface area contributed by atoms with Gasteiger partial charge in [-0.1, -0.05) is 42.0 Å². The van der Waals surface area contributed by atoms with E-state index in [1.807, 2.05) is 45.0 Å². The number of rotatable bonds is 3. The molecule has 0 heterocycles. The first-order valence-corrected chi connectivity index (χ1v) is 9.86. The highest BCUT2D eigenvalue weighted by atomic mass is 16.5. The Morgan fingerprint density at radius 1 is 0.966 bits per heavy atom. The average Bonchev–Trinajstić information content (AvgIpc) is 2.65. The minimum absolute atomic E-state index is 0.0369. The third-order valence-electron chi connectivity index (χ3n) is 6.10. The second kappa shape index (κ2) is 6.92. The molecule has 1 N–H and O–H groups in total. The zero-order chi connectivity index (χ0) is 20.9. The number of ether oxygens (including phenoxy) is 1. The summed E-state index contributed by atoms with van der Waals surface area (Å²) < 4.78 is 6.34. The molecule has 2 aromatic rings. The largest absolute Gasteiger partial charge is 0.507 e. The summed E-state index contributed by atoms with van der Waals surface area (Å²) in [6, 6.07) is 12.4. The first-order chi connectivity index (χ1) is 13.7. The Balaban J connectivity index is 1.72.